The van der Waals surface area contributed by atoms with E-state index in [4.69, 9.17) is 21.5 Å². The Morgan fingerprint density at radius 1 is 1.68 bits per heavy atom. The summed E-state index contributed by atoms with van der Waals surface area (Å²) in [5.41, 5.74) is 1.22. The first-order chi connectivity index (χ1) is 9.10. The van der Waals surface area contributed by atoms with Gasteiger partial charge in [0.1, 0.15) is 12.3 Å². The number of hydrogen-bond acceptors (Lipinski definition) is 7. The van der Waals surface area contributed by atoms with E-state index in [2.05, 4.69) is 10.9 Å². The molecule has 0 saturated carbocycles. The summed E-state index contributed by atoms with van der Waals surface area (Å²) in [4.78, 5) is 15.3. The number of terminal acetylenes is 1. The molecule has 1 aliphatic heterocycles. The van der Waals surface area contributed by atoms with Gasteiger partial charge in [-0.1, -0.05) is 5.92 Å². The second kappa shape index (κ2) is 5.38. The molecular formula is C11H13N3O5. The second-order valence-corrected chi connectivity index (χ2v) is 4.06. The Balaban J connectivity index is 2.37. The van der Waals surface area contributed by atoms with E-state index in [1.54, 1.807) is 5.48 Å². The molecule has 2 rings (SSSR count). The van der Waals surface area contributed by atoms with Crippen molar-refractivity contribution in [3.63, 3.8) is 0 Å². The molecule has 8 nitrogen and oxygen atoms in total. The summed E-state index contributed by atoms with van der Waals surface area (Å²) in [6.45, 7) is -0.349. The molecule has 8 heteroatoms. The van der Waals surface area contributed by atoms with Gasteiger partial charge < -0.3 is 14.9 Å². The molecule has 0 amide bonds. The topological polar surface area (TPSA) is 117 Å². The molecule has 0 bridgehead atoms. The average Bonchev–Trinajstić information content (AvgIpc) is 2.79. The highest BCUT2D eigenvalue weighted by atomic mass is 16.5. The number of anilines is 1. The van der Waals surface area contributed by atoms with E-state index >= 15 is 0 Å². The largest absolute Gasteiger partial charge is 0.394 e. The van der Waals surface area contributed by atoms with Crippen molar-refractivity contribution in [2.24, 2.45) is 0 Å². The molecule has 0 radical (unpaired) electrons. The van der Waals surface area contributed by atoms with Crippen LogP contribution in [0, 0.1) is 12.3 Å². The first-order valence-electron chi connectivity index (χ1n) is 5.55. The fourth-order valence-electron chi connectivity index (χ4n) is 1.92. The number of aliphatic hydroxyl groups is 2. The van der Waals surface area contributed by atoms with Crippen molar-refractivity contribution in [2.75, 3.05) is 12.1 Å². The molecule has 0 aliphatic carbocycles. The highest BCUT2D eigenvalue weighted by Gasteiger charge is 2.35. The molecule has 0 spiro atoms. The van der Waals surface area contributed by atoms with Gasteiger partial charge in [0, 0.05) is 12.6 Å². The standard InChI is InChI=1S/C11H13N3O5/c1-2-6-4-14(11(17)12-10(6)13-18)9-3-7(16)8(5-15)19-9/h1,4,7-9,15-16,18H,3,5H2,(H,12,13,17)/t7?,8-,9-/m1/s1. The molecule has 2 heterocycles. The van der Waals surface area contributed by atoms with Gasteiger partial charge in [0.15, 0.2) is 5.82 Å². The van der Waals surface area contributed by atoms with Crippen LogP contribution in [0.1, 0.15) is 18.2 Å². The Labute approximate surface area is 108 Å². The summed E-state index contributed by atoms with van der Waals surface area (Å²) in [7, 11) is 0. The number of aliphatic hydroxyl groups excluding tert-OH is 2. The van der Waals surface area contributed by atoms with Crippen molar-refractivity contribution in [1.29, 1.82) is 0 Å². The summed E-state index contributed by atoms with van der Waals surface area (Å²) >= 11 is 0. The minimum atomic E-state index is -0.869. The van der Waals surface area contributed by atoms with Gasteiger partial charge in [-0.15, -0.1) is 6.42 Å². The molecular weight excluding hydrogens is 254 g/mol. The Kier molecular flexibility index (Phi) is 3.82. The normalized spacial score (nSPS) is 26.1. The van der Waals surface area contributed by atoms with Gasteiger partial charge in [-0.05, 0) is 0 Å². The molecule has 19 heavy (non-hydrogen) atoms. The highest BCUT2D eigenvalue weighted by molar-refractivity contribution is 5.49. The molecule has 1 aromatic heterocycles. The van der Waals surface area contributed by atoms with Crippen molar-refractivity contribution in [3.8, 4) is 12.3 Å². The van der Waals surface area contributed by atoms with Gasteiger partial charge in [-0.25, -0.2) is 4.79 Å². The van der Waals surface area contributed by atoms with Crippen molar-refractivity contribution in [1.82, 2.24) is 9.55 Å². The summed E-state index contributed by atoms with van der Waals surface area (Å²) in [5, 5.41) is 27.4. The van der Waals surface area contributed by atoms with Crippen LogP contribution in [0.5, 0.6) is 0 Å². The van der Waals surface area contributed by atoms with E-state index < -0.39 is 24.1 Å². The fraction of sp³-hybridized carbons (Fsp3) is 0.455. The third-order valence-electron chi connectivity index (χ3n) is 2.91. The fourth-order valence-corrected chi connectivity index (χ4v) is 1.92. The number of nitrogens with one attached hydrogen (secondary N) is 1. The summed E-state index contributed by atoms with van der Waals surface area (Å²) < 4.78 is 6.45. The zero-order valence-electron chi connectivity index (χ0n) is 9.85. The van der Waals surface area contributed by atoms with Gasteiger partial charge in [0.05, 0.1) is 18.3 Å². The Morgan fingerprint density at radius 2 is 2.42 bits per heavy atom. The molecule has 1 aliphatic rings. The maximum Gasteiger partial charge on any atom is 0.351 e. The summed E-state index contributed by atoms with van der Waals surface area (Å²) in [5.74, 6) is 2.14. The minimum absolute atomic E-state index is 0.124. The number of ether oxygens (including phenoxy) is 1. The first kappa shape index (κ1) is 13.5. The van der Waals surface area contributed by atoms with E-state index in [0.29, 0.717) is 0 Å². The lowest BCUT2D eigenvalue weighted by Crippen LogP contribution is -2.28. The maximum atomic E-state index is 11.8. The van der Waals surface area contributed by atoms with Crippen LogP contribution < -0.4 is 11.2 Å². The number of aromatic nitrogens is 2. The van der Waals surface area contributed by atoms with Gasteiger partial charge in [-0.3, -0.25) is 15.3 Å². The molecule has 4 N–H and O–H groups in total. The molecule has 0 aromatic carbocycles. The van der Waals surface area contributed by atoms with E-state index in [9.17, 15) is 9.90 Å². The first-order valence-corrected chi connectivity index (χ1v) is 5.55. The number of rotatable bonds is 3. The zero-order valence-corrected chi connectivity index (χ0v) is 9.85. The van der Waals surface area contributed by atoms with Gasteiger partial charge in [-0.2, -0.15) is 4.98 Å². The van der Waals surface area contributed by atoms with Crippen LogP contribution in [-0.4, -0.2) is 43.8 Å². The predicted octanol–water partition coefficient (Wildman–Crippen LogP) is -1.33. The lowest BCUT2D eigenvalue weighted by molar-refractivity contribution is -0.0458. The summed E-state index contributed by atoms with van der Waals surface area (Å²) in [6.07, 6.45) is 4.30. The smallest absolute Gasteiger partial charge is 0.351 e. The number of hydrogen-bond donors (Lipinski definition) is 4. The summed E-state index contributed by atoms with van der Waals surface area (Å²) in [6, 6.07) is 0. The van der Waals surface area contributed by atoms with Gasteiger partial charge in [0.25, 0.3) is 0 Å². The Morgan fingerprint density at radius 3 is 2.95 bits per heavy atom. The van der Waals surface area contributed by atoms with E-state index in [-0.39, 0.29) is 24.4 Å². The van der Waals surface area contributed by atoms with Crippen LogP contribution in [0.3, 0.4) is 0 Å². The monoisotopic (exact) mass is 267 g/mol. The third kappa shape index (κ3) is 2.45. The molecule has 1 unspecified atom stereocenters. The predicted molar refractivity (Wildman–Crippen MR) is 63.5 cm³/mol. The van der Waals surface area contributed by atoms with Crippen molar-refractivity contribution in [2.45, 2.75) is 24.9 Å². The van der Waals surface area contributed by atoms with Crippen LogP contribution in [0.2, 0.25) is 0 Å². The molecule has 3 atom stereocenters. The Hall–Kier alpha value is -1.92. The van der Waals surface area contributed by atoms with Crippen LogP contribution >= 0.6 is 0 Å². The van der Waals surface area contributed by atoms with Gasteiger partial charge >= 0.3 is 5.69 Å². The van der Waals surface area contributed by atoms with Crippen molar-refractivity contribution in [3.05, 3.63) is 22.2 Å². The van der Waals surface area contributed by atoms with Crippen LogP contribution in [0.25, 0.3) is 0 Å². The maximum absolute atomic E-state index is 11.8. The molecule has 102 valence electrons. The van der Waals surface area contributed by atoms with Crippen molar-refractivity contribution >= 4 is 5.82 Å². The average molecular weight is 267 g/mol. The van der Waals surface area contributed by atoms with E-state index in [1.165, 1.54) is 6.20 Å². The zero-order chi connectivity index (χ0) is 14.0. The molecule has 1 aromatic rings. The molecule has 1 saturated heterocycles. The third-order valence-corrected chi connectivity index (χ3v) is 2.91. The minimum Gasteiger partial charge on any atom is -0.394 e. The van der Waals surface area contributed by atoms with E-state index in [0.717, 1.165) is 4.57 Å². The van der Waals surface area contributed by atoms with E-state index in [1.807, 2.05) is 0 Å². The quantitative estimate of drug-likeness (QED) is 0.396. The second-order valence-electron chi connectivity index (χ2n) is 4.06. The van der Waals surface area contributed by atoms with Crippen LogP contribution in [0.4, 0.5) is 5.82 Å². The van der Waals surface area contributed by atoms with Crippen molar-refractivity contribution < 1.29 is 20.2 Å². The highest BCUT2D eigenvalue weighted by Crippen LogP contribution is 2.27. The SMILES string of the molecule is C#Cc1cn([C@H]2CC(O)[C@@H](CO)O2)c(=O)nc1NO. The van der Waals surface area contributed by atoms with Crippen LogP contribution in [0.15, 0.2) is 11.0 Å². The molecule has 1 fully saturated rings. The number of nitrogens with zero attached hydrogens (tertiary/aromatic N) is 2. The lowest BCUT2D eigenvalue weighted by Gasteiger charge is -2.15. The van der Waals surface area contributed by atoms with Crippen LogP contribution in [-0.2, 0) is 4.74 Å². The lowest BCUT2D eigenvalue weighted by atomic mass is 10.2. The van der Waals surface area contributed by atoms with Gasteiger partial charge in [0.2, 0.25) is 0 Å². The Bertz CT molecular complexity index is 564.